The molecule has 0 spiro atoms. The van der Waals surface area contributed by atoms with Gasteiger partial charge in [0.15, 0.2) is 0 Å². The number of ether oxygens (including phenoxy) is 1. The van der Waals surface area contributed by atoms with E-state index in [1.54, 1.807) is 0 Å². The van der Waals surface area contributed by atoms with E-state index in [1.807, 2.05) is 24.3 Å². The quantitative estimate of drug-likeness (QED) is 0.797. The van der Waals surface area contributed by atoms with Crippen LogP contribution in [-0.4, -0.2) is 19.1 Å². The monoisotopic (exact) mass is 401 g/mol. The predicted octanol–water partition coefficient (Wildman–Crippen LogP) is 4.55. The number of hydrogen-bond acceptors (Lipinski definition) is 2. The highest BCUT2D eigenvalue weighted by atomic mass is 79.9. The van der Waals surface area contributed by atoms with Crippen molar-refractivity contribution in [2.75, 3.05) is 13.2 Å². The van der Waals surface area contributed by atoms with Gasteiger partial charge in [-0.15, -0.1) is 0 Å². The minimum absolute atomic E-state index is 0.0342. The summed E-state index contributed by atoms with van der Waals surface area (Å²) < 4.78 is 6.90. The van der Waals surface area contributed by atoms with Gasteiger partial charge in [0.05, 0.1) is 19.1 Å². The summed E-state index contributed by atoms with van der Waals surface area (Å²) in [5.74, 6) is 0.0342. The number of hydrogen-bond donors (Lipinski definition) is 1. The van der Waals surface area contributed by atoms with E-state index in [-0.39, 0.29) is 17.4 Å². The molecule has 1 unspecified atom stereocenters. The summed E-state index contributed by atoms with van der Waals surface area (Å²) in [7, 11) is 0. The van der Waals surface area contributed by atoms with Gasteiger partial charge in [-0.05, 0) is 35.2 Å². The number of fused-ring (bicyclic) bond motifs is 1. The van der Waals surface area contributed by atoms with Crippen LogP contribution in [0.4, 0.5) is 0 Å². The molecule has 1 heterocycles. The van der Waals surface area contributed by atoms with Gasteiger partial charge in [0.1, 0.15) is 0 Å². The first-order valence-electron chi connectivity index (χ1n) is 8.68. The fourth-order valence-corrected chi connectivity index (χ4v) is 3.47. The highest BCUT2D eigenvalue weighted by molar-refractivity contribution is 9.10. The third-order valence-electron chi connectivity index (χ3n) is 4.82. The van der Waals surface area contributed by atoms with Crippen LogP contribution in [0.5, 0.6) is 0 Å². The fraction of sp³-hybridized carbons (Fsp3) is 0.381. The Morgan fingerprint density at radius 1 is 1.20 bits per heavy atom. The summed E-state index contributed by atoms with van der Waals surface area (Å²) >= 11 is 3.46. The molecule has 0 aromatic heterocycles. The Balaban J connectivity index is 1.59. The molecule has 132 valence electrons. The number of carbonyl (C=O) groups is 1. The normalized spacial score (nSPS) is 17.0. The molecule has 3 nitrogen and oxygen atoms in total. The molecule has 0 fully saturated rings. The molecular weight excluding hydrogens is 378 g/mol. The topological polar surface area (TPSA) is 38.3 Å². The van der Waals surface area contributed by atoms with Crippen LogP contribution in [0.3, 0.4) is 0 Å². The lowest BCUT2D eigenvalue weighted by atomic mass is 9.84. The van der Waals surface area contributed by atoms with E-state index in [0.717, 1.165) is 16.5 Å². The van der Waals surface area contributed by atoms with Crippen molar-refractivity contribution in [2.45, 2.75) is 38.2 Å². The highest BCUT2D eigenvalue weighted by Gasteiger charge is 2.25. The van der Waals surface area contributed by atoms with Crippen molar-refractivity contribution in [2.24, 2.45) is 0 Å². The maximum atomic E-state index is 12.5. The maximum absolute atomic E-state index is 12.5. The van der Waals surface area contributed by atoms with E-state index in [9.17, 15) is 4.79 Å². The molecule has 2 aromatic rings. The molecule has 25 heavy (non-hydrogen) atoms. The first-order valence-corrected chi connectivity index (χ1v) is 9.47. The Kier molecular flexibility index (Phi) is 5.60. The molecule has 0 aliphatic carbocycles. The van der Waals surface area contributed by atoms with E-state index in [2.05, 4.69) is 59.4 Å². The largest absolute Gasteiger partial charge is 0.373 e. The van der Waals surface area contributed by atoms with Gasteiger partial charge in [-0.3, -0.25) is 4.79 Å². The summed E-state index contributed by atoms with van der Waals surface area (Å²) in [5, 5.41) is 3.08. The Bertz CT molecular complexity index is 740. The average molecular weight is 402 g/mol. The van der Waals surface area contributed by atoms with Gasteiger partial charge < -0.3 is 10.1 Å². The number of benzene rings is 2. The number of halogens is 1. The predicted molar refractivity (Wildman–Crippen MR) is 104 cm³/mol. The van der Waals surface area contributed by atoms with Crippen LogP contribution in [0.25, 0.3) is 0 Å². The highest BCUT2D eigenvalue weighted by Crippen LogP contribution is 2.29. The zero-order valence-corrected chi connectivity index (χ0v) is 16.3. The second-order valence-electron chi connectivity index (χ2n) is 7.18. The van der Waals surface area contributed by atoms with Gasteiger partial charge in [-0.2, -0.15) is 0 Å². The second kappa shape index (κ2) is 7.71. The molecular formula is C21H24BrNO2. The van der Waals surface area contributed by atoms with Crippen LogP contribution in [0, 0.1) is 0 Å². The van der Waals surface area contributed by atoms with Crippen LogP contribution < -0.4 is 5.32 Å². The molecule has 4 heteroatoms. The molecule has 3 rings (SSSR count). The lowest BCUT2D eigenvalue weighted by molar-refractivity contribution is -0.124. The molecule has 0 bridgehead atoms. The minimum Gasteiger partial charge on any atom is -0.373 e. The van der Waals surface area contributed by atoms with Crippen LogP contribution in [0.1, 0.15) is 43.1 Å². The smallest absolute Gasteiger partial charge is 0.222 e. The second-order valence-corrected chi connectivity index (χ2v) is 8.10. The molecule has 1 aliphatic rings. The van der Waals surface area contributed by atoms with E-state index in [4.69, 9.17) is 4.74 Å². The van der Waals surface area contributed by atoms with E-state index in [0.29, 0.717) is 19.6 Å². The lowest BCUT2D eigenvalue weighted by Gasteiger charge is -2.28. The third-order valence-corrected chi connectivity index (χ3v) is 5.35. The summed E-state index contributed by atoms with van der Waals surface area (Å²) in [4.78, 5) is 12.5. The summed E-state index contributed by atoms with van der Waals surface area (Å²) in [5.41, 5.74) is 3.52. The van der Waals surface area contributed by atoms with Gasteiger partial charge in [-0.25, -0.2) is 0 Å². The van der Waals surface area contributed by atoms with Crippen molar-refractivity contribution in [3.8, 4) is 0 Å². The summed E-state index contributed by atoms with van der Waals surface area (Å²) in [6.45, 7) is 5.56. The fourth-order valence-electron chi connectivity index (χ4n) is 3.21. The van der Waals surface area contributed by atoms with Gasteiger partial charge in [0.25, 0.3) is 0 Å². The van der Waals surface area contributed by atoms with E-state index in [1.165, 1.54) is 11.1 Å². The van der Waals surface area contributed by atoms with Crippen LogP contribution in [0.15, 0.2) is 53.0 Å². The number of nitrogens with one attached hydrogen (secondary N) is 1. The van der Waals surface area contributed by atoms with Crippen molar-refractivity contribution in [3.05, 3.63) is 69.7 Å². The van der Waals surface area contributed by atoms with Gasteiger partial charge in [0.2, 0.25) is 5.91 Å². The zero-order chi connectivity index (χ0) is 17.9. The maximum Gasteiger partial charge on any atom is 0.222 e. The molecule has 0 radical (unpaired) electrons. The Morgan fingerprint density at radius 3 is 2.68 bits per heavy atom. The van der Waals surface area contributed by atoms with Gasteiger partial charge >= 0.3 is 0 Å². The van der Waals surface area contributed by atoms with Crippen molar-refractivity contribution >= 4 is 21.8 Å². The van der Waals surface area contributed by atoms with Crippen molar-refractivity contribution in [1.29, 1.82) is 0 Å². The van der Waals surface area contributed by atoms with Crippen molar-refractivity contribution < 1.29 is 9.53 Å². The van der Waals surface area contributed by atoms with Crippen LogP contribution in [-0.2, 0) is 21.4 Å². The summed E-state index contributed by atoms with van der Waals surface area (Å²) in [6.07, 6.45) is 1.15. The zero-order valence-electron chi connectivity index (χ0n) is 14.7. The molecule has 1 atom stereocenters. The Morgan fingerprint density at radius 2 is 1.92 bits per heavy atom. The standard InChI is InChI=1S/C21H24BrNO2/c1-21(2,16-7-9-17(22)10-8-16)14-23-20(24)13-19-18-6-4-3-5-15(18)11-12-25-19/h3-10,19H,11-14H2,1-2H3,(H,23,24). The minimum atomic E-state index is -0.138. The molecule has 1 aliphatic heterocycles. The number of rotatable bonds is 5. The summed E-state index contributed by atoms with van der Waals surface area (Å²) in [6, 6.07) is 16.5. The molecule has 1 amide bonds. The number of amides is 1. The molecule has 0 saturated heterocycles. The molecule has 0 saturated carbocycles. The SMILES string of the molecule is CC(C)(CNC(=O)CC1OCCc2ccccc21)c1ccc(Br)cc1. The number of carbonyl (C=O) groups excluding carboxylic acids is 1. The third kappa shape index (κ3) is 4.50. The molecule has 1 N–H and O–H groups in total. The van der Waals surface area contributed by atoms with Gasteiger partial charge in [-0.1, -0.05) is 66.2 Å². The lowest BCUT2D eigenvalue weighted by Crippen LogP contribution is -2.37. The Labute approximate surface area is 157 Å². The van der Waals surface area contributed by atoms with Crippen molar-refractivity contribution in [1.82, 2.24) is 5.32 Å². The molecule has 2 aromatic carbocycles. The van der Waals surface area contributed by atoms with Crippen LogP contribution in [0.2, 0.25) is 0 Å². The van der Waals surface area contributed by atoms with Gasteiger partial charge in [0, 0.05) is 16.4 Å². The first kappa shape index (κ1) is 18.2. The first-order chi connectivity index (χ1) is 12.0. The van der Waals surface area contributed by atoms with Crippen molar-refractivity contribution in [3.63, 3.8) is 0 Å². The van der Waals surface area contributed by atoms with Crippen LogP contribution >= 0.6 is 15.9 Å². The Hall–Kier alpha value is -1.65. The van der Waals surface area contributed by atoms with E-state index >= 15 is 0 Å². The average Bonchev–Trinajstić information content (AvgIpc) is 2.61. The van der Waals surface area contributed by atoms with E-state index < -0.39 is 0 Å².